The summed E-state index contributed by atoms with van der Waals surface area (Å²) < 4.78 is 0. The van der Waals surface area contributed by atoms with Gasteiger partial charge < -0.3 is 5.11 Å². The van der Waals surface area contributed by atoms with Crippen LogP contribution in [0.4, 0.5) is 0 Å². The van der Waals surface area contributed by atoms with Crippen molar-refractivity contribution < 1.29 is 5.11 Å². The van der Waals surface area contributed by atoms with Gasteiger partial charge >= 0.3 is 0 Å². The van der Waals surface area contributed by atoms with Crippen molar-refractivity contribution >= 4 is 0 Å². The molecule has 0 unspecified atom stereocenters. The molecule has 1 rings (SSSR count). The maximum Gasteiger partial charge on any atom is 0.0991 e. The fourth-order valence-corrected chi connectivity index (χ4v) is 0.984. The van der Waals surface area contributed by atoms with Gasteiger partial charge in [-0.25, -0.2) is 0 Å². The Hall–Kier alpha value is -1.84. The molecule has 1 aromatic carbocycles. The maximum atomic E-state index is 9.38. The van der Waals surface area contributed by atoms with Gasteiger partial charge in [-0.2, -0.15) is 10.5 Å². The molecule has 0 spiro atoms. The van der Waals surface area contributed by atoms with Crippen molar-refractivity contribution in [3.05, 3.63) is 35.4 Å². The van der Waals surface area contributed by atoms with Crippen LogP contribution in [-0.2, 0) is 0 Å². The molecule has 1 aromatic rings. The molecule has 64 valence electrons. The Morgan fingerprint density at radius 3 is 2.31 bits per heavy atom. The van der Waals surface area contributed by atoms with Crippen molar-refractivity contribution in [2.75, 3.05) is 0 Å². The maximum absolute atomic E-state index is 9.38. The van der Waals surface area contributed by atoms with Crippen molar-refractivity contribution in [3.63, 3.8) is 0 Å². The summed E-state index contributed by atoms with van der Waals surface area (Å²) in [6.07, 6.45) is -0.677. The Kier molecular flexibility index (Phi) is 3.03. The second-order valence-electron chi connectivity index (χ2n) is 2.61. The molecular formula is C10H8N2O. The Labute approximate surface area is 76.5 Å². The molecule has 1 atom stereocenters. The first kappa shape index (κ1) is 9.25. The zero-order valence-corrected chi connectivity index (χ0v) is 6.94. The third-order valence-electron chi connectivity index (χ3n) is 1.71. The first-order valence-electron chi connectivity index (χ1n) is 3.83. The lowest BCUT2D eigenvalue weighted by Gasteiger charge is -2.05. The van der Waals surface area contributed by atoms with E-state index in [9.17, 15) is 5.11 Å². The summed E-state index contributed by atoms with van der Waals surface area (Å²) in [5.74, 6) is 0. The van der Waals surface area contributed by atoms with Crippen LogP contribution in [0.15, 0.2) is 24.3 Å². The van der Waals surface area contributed by atoms with Crippen molar-refractivity contribution in [2.45, 2.75) is 12.5 Å². The number of hydrogen-bond acceptors (Lipinski definition) is 3. The topological polar surface area (TPSA) is 67.8 Å². The van der Waals surface area contributed by atoms with Gasteiger partial charge in [0.05, 0.1) is 30.2 Å². The van der Waals surface area contributed by atoms with Crippen molar-refractivity contribution in [1.82, 2.24) is 0 Å². The van der Waals surface area contributed by atoms with Crippen LogP contribution in [0.3, 0.4) is 0 Å². The van der Waals surface area contributed by atoms with Gasteiger partial charge in [0.25, 0.3) is 0 Å². The summed E-state index contributed by atoms with van der Waals surface area (Å²) >= 11 is 0. The lowest BCUT2D eigenvalue weighted by Crippen LogP contribution is -1.95. The molecule has 0 radical (unpaired) electrons. The number of nitriles is 2. The van der Waals surface area contributed by atoms with E-state index in [1.165, 1.54) is 0 Å². The quantitative estimate of drug-likeness (QED) is 0.735. The van der Waals surface area contributed by atoms with E-state index in [-0.39, 0.29) is 6.42 Å². The van der Waals surface area contributed by atoms with Gasteiger partial charge in [-0.15, -0.1) is 0 Å². The Morgan fingerprint density at radius 2 is 1.85 bits per heavy atom. The fourth-order valence-electron chi connectivity index (χ4n) is 0.984. The minimum absolute atomic E-state index is 0.0753. The number of aliphatic hydroxyl groups excluding tert-OH is 1. The Bertz CT molecular complexity index is 356. The van der Waals surface area contributed by atoms with Gasteiger partial charge in [0.2, 0.25) is 0 Å². The molecule has 0 aliphatic carbocycles. The average Bonchev–Trinajstić information content (AvgIpc) is 2.18. The minimum Gasteiger partial charge on any atom is -0.387 e. The number of nitrogens with zero attached hydrogens (tertiary/aromatic N) is 2. The summed E-state index contributed by atoms with van der Waals surface area (Å²) in [4.78, 5) is 0. The molecule has 0 heterocycles. The lowest BCUT2D eigenvalue weighted by molar-refractivity contribution is 0.183. The highest BCUT2D eigenvalue weighted by Crippen LogP contribution is 2.15. The van der Waals surface area contributed by atoms with E-state index in [2.05, 4.69) is 0 Å². The molecule has 0 fully saturated rings. The normalized spacial score (nSPS) is 11.3. The number of aliphatic hydroxyl groups is 1. The van der Waals surface area contributed by atoms with Gasteiger partial charge in [0, 0.05) is 0 Å². The number of rotatable bonds is 2. The van der Waals surface area contributed by atoms with Crippen LogP contribution >= 0.6 is 0 Å². The molecular weight excluding hydrogens is 164 g/mol. The third-order valence-corrected chi connectivity index (χ3v) is 1.71. The van der Waals surface area contributed by atoms with E-state index < -0.39 is 6.10 Å². The minimum atomic E-state index is -0.752. The largest absolute Gasteiger partial charge is 0.387 e. The molecule has 0 amide bonds. The predicted molar refractivity (Wildman–Crippen MR) is 46.3 cm³/mol. The predicted octanol–water partition coefficient (Wildman–Crippen LogP) is 1.51. The van der Waals surface area contributed by atoms with Gasteiger partial charge in [0.15, 0.2) is 0 Å². The second-order valence-corrected chi connectivity index (χ2v) is 2.61. The van der Waals surface area contributed by atoms with Gasteiger partial charge in [-0.05, 0) is 17.7 Å². The molecule has 3 nitrogen and oxygen atoms in total. The molecule has 0 bridgehead atoms. The van der Waals surface area contributed by atoms with Crippen LogP contribution in [0, 0.1) is 22.7 Å². The lowest BCUT2D eigenvalue weighted by atomic mass is 10.1. The van der Waals surface area contributed by atoms with E-state index in [1.54, 1.807) is 24.3 Å². The molecule has 0 aromatic heterocycles. The van der Waals surface area contributed by atoms with Crippen LogP contribution in [0.25, 0.3) is 0 Å². The zero-order chi connectivity index (χ0) is 9.68. The van der Waals surface area contributed by atoms with Crippen molar-refractivity contribution in [3.8, 4) is 12.1 Å². The van der Waals surface area contributed by atoms with Crippen LogP contribution < -0.4 is 0 Å². The molecule has 3 heteroatoms. The SMILES string of the molecule is N#CC[C@H](O)c1ccc(C#N)cc1. The monoisotopic (exact) mass is 172 g/mol. The highest BCUT2D eigenvalue weighted by molar-refractivity contribution is 5.32. The van der Waals surface area contributed by atoms with E-state index in [4.69, 9.17) is 10.5 Å². The van der Waals surface area contributed by atoms with E-state index >= 15 is 0 Å². The fraction of sp³-hybridized carbons (Fsp3) is 0.200. The highest BCUT2D eigenvalue weighted by atomic mass is 16.3. The number of hydrogen-bond donors (Lipinski definition) is 1. The molecule has 1 N–H and O–H groups in total. The summed E-state index contributed by atoms with van der Waals surface area (Å²) in [5.41, 5.74) is 1.22. The number of benzene rings is 1. The van der Waals surface area contributed by atoms with E-state index in [1.807, 2.05) is 12.1 Å². The third kappa shape index (κ3) is 2.30. The zero-order valence-electron chi connectivity index (χ0n) is 6.94. The highest BCUT2D eigenvalue weighted by Gasteiger charge is 2.05. The summed E-state index contributed by atoms with van der Waals surface area (Å²) in [5, 5.41) is 26.2. The van der Waals surface area contributed by atoms with Crippen molar-refractivity contribution in [1.29, 1.82) is 10.5 Å². The van der Waals surface area contributed by atoms with Crippen LogP contribution in [0.1, 0.15) is 23.7 Å². The molecule has 0 aliphatic heterocycles. The van der Waals surface area contributed by atoms with E-state index in [0.29, 0.717) is 11.1 Å². The average molecular weight is 172 g/mol. The van der Waals surface area contributed by atoms with Crippen LogP contribution in [0.2, 0.25) is 0 Å². The first-order chi connectivity index (χ1) is 6.27. The van der Waals surface area contributed by atoms with Crippen LogP contribution in [0.5, 0.6) is 0 Å². The van der Waals surface area contributed by atoms with Gasteiger partial charge in [0.1, 0.15) is 0 Å². The molecule has 0 aliphatic rings. The summed E-state index contributed by atoms with van der Waals surface area (Å²) in [6.45, 7) is 0. The first-order valence-corrected chi connectivity index (χ1v) is 3.83. The Balaban J connectivity index is 2.82. The molecule has 13 heavy (non-hydrogen) atoms. The molecule has 0 saturated heterocycles. The smallest absolute Gasteiger partial charge is 0.0991 e. The van der Waals surface area contributed by atoms with E-state index in [0.717, 1.165) is 0 Å². The summed E-state index contributed by atoms with van der Waals surface area (Å²) in [6, 6.07) is 10.4. The second kappa shape index (κ2) is 4.25. The molecule has 0 saturated carbocycles. The van der Waals surface area contributed by atoms with Gasteiger partial charge in [-0.3, -0.25) is 0 Å². The standard InChI is InChI=1S/C10H8N2O/c11-6-5-10(13)9-3-1-8(7-12)2-4-9/h1-4,10,13H,5H2/t10-/m0/s1. The summed E-state index contributed by atoms with van der Waals surface area (Å²) in [7, 11) is 0. The van der Waals surface area contributed by atoms with Gasteiger partial charge in [-0.1, -0.05) is 12.1 Å². The Morgan fingerprint density at radius 1 is 1.23 bits per heavy atom. The van der Waals surface area contributed by atoms with Crippen molar-refractivity contribution in [2.24, 2.45) is 0 Å². The van der Waals surface area contributed by atoms with Crippen LogP contribution in [-0.4, -0.2) is 5.11 Å².